The van der Waals surface area contributed by atoms with E-state index in [-0.39, 0.29) is 6.04 Å². The van der Waals surface area contributed by atoms with E-state index >= 15 is 0 Å². The Morgan fingerprint density at radius 2 is 2.17 bits per heavy atom. The lowest BCUT2D eigenvalue weighted by Crippen LogP contribution is -2.14. The van der Waals surface area contributed by atoms with Crippen LogP contribution in [0.15, 0.2) is 33.7 Å². The van der Waals surface area contributed by atoms with Gasteiger partial charge in [0.1, 0.15) is 0 Å². The van der Waals surface area contributed by atoms with Gasteiger partial charge in [0.15, 0.2) is 5.82 Å². The molecule has 0 saturated carbocycles. The third kappa shape index (κ3) is 2.28. The minimum Gasteiger partial charge on any atom is -0.334 e. The Labute approximate surface area is 110 Å². The third-order valence-corrected chi connectivity index (χ3v) is 3.89. The summed E-state index contributed by atoms with van der Waals surface area (Å²) in [6, 6.07) is 8.43. The lowest BCUT2D eigenvalue weighted by molar-refractivity contribution is 0.412. The summed E-state index contributed by atoms with van der Waals surface area (Å²) >= 11 is 1.72. The highest BCUT2D eigenvalue weighted by molar-refractivity contribution is 7.98. The van der Waals surface area contributed by atoms with Gasteiger partial charge >= 0.3 is 0 Å². The normalized spacial score (nSPS) is 19.3. The Hall–Kier alpha value is -1.33. The molecule has 1 aromatic carbocycles. The molecule has 5 heteroatoms. The summed E-state index contributed by atoms with van der Waals surface area (Å²) in [5.74, 6) is 1.38. The zero-order valence-electron chi connectivity index (χ0n) is 10.2. The van der Waals surface area contributed by atoms with Crippen molar-refractivity contribution in [1.82, 2.24) is 15.5 Å². The van der Waals surface area contributed by atoms with Crippen molar-refractivity contribution in [2.24, 2.45) is 0 Å². The van der Waals surface area contributed by atoms with Crippen molar-refractivity contribution in [3.05, 3.63) is 30.1 Å². The molecule has 1 saturated heterocycles. The molecule has 1 aliphatic heterocycles. The van der Waals surface area contributed by atoms with E-state index in [0.717, 1.165) is 24.4 Å². The van der Waals surface area contributed by atoms with Gasteiger partial charge < -0.3 is 9.84 Å². The van der Waals surface area contributed by atoms with Gasteiger partial charge in [-0.3, -0.25) is 0 Å². The van der Waals surface area contributed by atoms with Crippen molar-refractivity contribution < 1.29 is 4.52 Å². The minimum absolute atomic E-state index is 0.257. The molecule has 0 radical (unpaired) electrons. The molecule has 94 valence electrons. The Kier molecular flexibility index (Phi) is 3.34. The van der Waals surface area contributed by atoms with Crippen LogP contribution in [0.3, 0.4) is 0 Å². The number of hydrogen-bond acceptors (Lipinski definition) is 5. The topological polar surface area (TPSA) is 51.0 Å². The second kappa shape index (κ2) is 5.12. The molecule has 3 rings (SSSR count). The predicted molar refractivity (Wildman–Crippen MR) is 71.5 cm³/mol. The SMILES string of the molecule is CSc1ccc(-c2nc(C3CCCN3)no2)cc1. The van der Waals surface area contributed by atoms with E-state index in [4.69, 9.17) is 4.52 Å². The summed E-state index contributed by atoms with van der Waals surface area (Å²) in [6.45, 7) is 1.04. The average molecular weight is 261 g/mol. The molecule has 1 atom stereocenters. The van der Waals surface area contributed by atoms with Crippen LogP contribution < -0.4 is 5.32 Å². The van der Waals surface area contributed by atoms with Crippen molar-refractivity contribution >= 4 is 11.8 Å². The molecule has 1 fully saturated rings. The Morgan fingerprint density at radius 3 is 2.83 bits per heavy atom. The predicted octanol–water partition coefficient (Wildman–Crippen LogP) is 2.88. The van der Waals surface area contributed by atoms with Gasteiger partial charge in [0, 0.05) is 10.5 Å². The number of thioether (sulfide) groups is 1. The van der Waals surface area contributed by atoms with Crippen LogP contribution >= 0.6 is 11.8 Å². The molecule has 0 amide bonds. The summed E-state index contributed by atoms with van der Waals surface area (Å²) in [5.41, 5.74) is 0.976. The van der Waals surface area contributed by atoms with E-state index < -0.39 is 0 Å². The summed E-state index contributed by atoms with van der Waals surface area (Å²) < 4.78 is 5.33. The van der Waals surface area contributed by atoms with Crippen molar-refractivity contribution in [3.63, 3.8) is 0 Å². The molecule has 0 aliphatic carbocycles. The van der Waals surface area contributed by atoms with Crippen LogP contribution in [0.2, 0.25) is 0 Å². The number of rotatable bonds is 3. The molecule has 2 heterocycles. The van der Waals surface area contributed by atoms with E-state index in [1.807, 2.05) is 12.1 Å². The summed E-state index contributed by atoms with van der Waals surface area (Å²) in [4.78, 5) is 5.70. The van der Waals surface area contributed by atoms with Gasteiger partial charge in [-0.2, -0.15) is 4.98 Å². The van der Waals surface area contributed by atoms with Gasteiger partial charge in [-0.1, -0.05) is 5.16 Å². The van der Waals surface area contributed by atoms with Gasteiger partial charge in [-0.05, 0) is 49.9 Å². The van der Waals surface area contributed by atoms with Gasteiger partial charge in [-0.25, -0.2) is 0 Å². The first-order chi connectivity index (χ1) is 8.86. The minimum atomic E-state index is 0.257. The fourth-order valence-corrected chi connectivity index (χ4v) is 2.54. The Balaban J connectivity index is 1.82. The Morgan fingerprint density at radius 1 is 1.33 bits per heavy atom. The van der Waals surface area contributed by atoms with Crippen LogP contribution in [0.4, 0.5) is 0 Å². The fraction of sp³-hybridized carbons (Fsp3) is 0.385. The molecular weight excluding hydrogens is 246 g/mol. The highest BCUT2D eigenvalue weighted by atomic mass is 32.2. The highest BCUT2D eigenvalue weighted by Gasteiger charge is 2.21. The van der Waals surface area contributed by atoms with Crippen molar-refractivity contribution in [2.45, 2.75) is 23.8 Å². The maximum atomic E-state index is 5.33. The van der Waals surface area contributed by atoms with Crippen LogP contribution in [-0.4, -0.2) is 22.9 Å². The standard InChI is InChI=1S/C13H15N3OS/c1-18-10-6-4-9(5-7-10)13-15-12(16-17-13)11-3-2-8-14-11/h4-7,11,14H,2-3,8H2,1H3. The largest absolute Gasteiger partial charge is 0.334 e. The second-order valence-corrected chi connectivity index (χ2v) is 5.21. The van der Waals surface area contributed by atoms with Crippen LogP contribution in [0.1, 0.15) is 24.7 Å². The summed E-state index contributed by atoms with van der Waals surface area (Å²) in [5, 5.41) is 7.43. The average Bonchev–Trinajstić information content (AvgIpc) is 3.09. The van der Waals surface area contributed by atoms with E-state index in [0.29, 0.717) is 5.89 Å². The van der Waals surface area contributed by atoms with Crippen molar-refractivity contribution in [1.29, 1.82) is 0 Å². The Bertz CT molecular complexity index is 517. The molecule has 0 spiro atoms. The monoisotopic (exact) mass is 261 g/mol. The fourth-order valence-electron chi connectivity index (χ4n) is 2.13. The molecule has 1 aromatic heterocycles. The van der Waals surface area contributed by atoms with Crippen LogP contribution in [-0.2, 0) is 0 Å². The molecule has 2 aromatic rings. The van der Waals surface area contributed by atoms with Crippen LogP contribution in [0.5, 0.6) is 0 Å². The van der Waals surface area contributed by atoms with Crippen molar-refractivity contribution in [2.75, 3.05) is 12.8 Å². The van der Waals surface area contributed by atoms with Crippen LogP contribution in [0, 0.1) is 0 Å². The van der Waals surface area contributed by atoms with Gasteiger partial charge in [0.05, 0.1) is 6.04 Å². The number of aromatic nitrogens is 2. The maximum Gasteiger partial charge on any atom is 0.257 e. The first kappa shape index (κ1) is 11.7. The van der Waals surface area contributed by atoms with Gasteiger partial charge in [0.2, 0.25) is 0 Å². The molecule has 1 unspecified atom stereocenters. The first-order valence-electron chi connectivity index (χ1n) is 6.08. The first-order valence-corrected chi connectivity index (χ1v) is 7.31. The number of hydrogen-bond donors (Lipinski definition) is 1. The quantitative estimate of drug-likeness (QED) is 0.861. The second-order valence-electron chi connectivity index (χ2n) is 4.34. The zero-order chi connectivity index (χ0) is 12.4. The smallest absolute Gasteiger partial charge is 0.257 e. The lowest BCUT2D eigenvalue weighted by Gasteiger charge is -2.01. The maximum absolute atomic E-state index is 5.33. The summed E-state index contributed by atoms with van der Waals surface area (Å²) in [6.07, 6.45) is 4.33. The number of benzene rings is 1. The van der Waals surface area contributed by atoms with Gasteiger partial charge in [0.25, 0.3) is 5.89 Å². The number of nitrogens with zero attached hydrogens (tertiary/aromatic N) is 2. The lowest BCUT2D eigenvalue weighted by atomic mass is 10.2. The van der Waals surface area contributed by atoms with Gasteiger partial charge in [-0.15, -0.1) is 11.8 Å². The molecule has 1 aliphatic rings. The molecule has 0 bridgehead atoms. The molecular formula is C13H15N3OS. The van der Waals surface area contributed by atoms with Crippen LogP contribution in [0.25, 0.3) is 11.5 Å². The zero-order valence-corrected chi connectivity index (χ0v) is 11.0. The molecule has 4 nitrogen and oxygen atoms in total. The van der Waals surface area contributed by atoms with E-state index in [2.05, 4.69) is 33.8 Å². The summed E-state index contributed by atoms with van der Waals surface area (Å²) in [7, 11) is 0. The molecule has 1 N–H and O–H groups in total. The van der Waals surface area contributed by atoms with E-state index in [1.54, 1.807) is 11.8 Å². The highest BCUT2D eigenvalue weighted by Crippen LogP contribution is 2.25. The number of nitrogens with one attached hydrogen (secondary N) is 1. The van der Waals surface area contributed by atoms with E-state index in [1.165, 1.54) is 11.3 Å². The molecule has 18 heavy (non-hydrogen) atoms. The van der Waals surface area contributed by atoms with E-state index in [9.17, 15) is 0 Å². The third-order valence-electron chi connectivity index (χ3n) is 3.15. The van der Waals surface area contributed by atoms with Crippen molar-refractivity contribution in [3.8, 4) is 11.5 Å².